The molecule has 1 unspecified atom stereocenters. The van der Waals surface area contributed by atoms with Gasteiger partial charge in [-0.25, -0.2) is 4.62 Å². The number of hydrogen-bond donors (Lipinski definition) is 3. The lowest BCUT2D eigenvalue weighted by Gasteiger charge is -2.38. The van der Waals surface area contributed by atoms with Gasteiger partial charge in [-0.1, -0.05) is 12.8 Å². The summed E-state index contributed by atoms with van der Waals surface area (Å²) in [5.74, 6) is -1.12. The Morgan fingerprint density at radius 2 is 1.53 bits per heavy atom. The Balaban J connectivity index is 1.85. The number of hydrogen-bond acceptors (Lipinski definition) is 4. The first-order valence-corrected chi connectivity index (χ1v) is 10.1. The van der Waals surface area contributed by atoms with Crippen molar-refractivity contribution in [3.05, 3.63) is 0 Å². The standard InChI is InChI=1S/C10H21NO6P2/c12-18(13,14)9-19(15,16)17-11-7-5-10(6-8-11)3-1-2-4-10/h1-9H2,(H,15,16)(H2,12,13,14). The van der Waals surface area contributed by atoms with Gasteiger partial charge < -0.3 is 14.7 Å². The Hall–Kier alpha value is 0.260. The van der Waals surface area contributed by atoms with Gasteiger partial charge in [-0.2, -0.15) is 5.06 Å². The van der Waals surface area contributed by atoms with E-state index in [9.17, 15) is 14.0 Å². The minimum atomic E-state index is -4.55. The van der Waals surface area contributed by atoms with E-state index in [0.717, 1.165) is 12.8 Å². The highest BCUT2D eigenvalue weighted by molar-refractivity contribution is 7.69. The van der Waals surface area contributed by atoms with Crippen LogP contribution in [0.4, 0.5) is 0 Å². The van der Waals surface area contributed by atoms with Crippen LogP contribution in [0.3, 0.4) is 0 Å². The predicted octanol–water partition coefficient (Wildman–Crippen LogP) is 1.89. The van der Waals surface area contributed by atoms with E-state index >= 15 is 0 Å². The van der Waals surface area contributed by atoms with Crippen LogP contribution in [0.15, 0.2) is 0 Å². The zero-order chi connectivity index (χ0) is 14.1. The van der Waals surface area contributed by atoms with Crippen LogP contribution in [-0.2, 0) is 13.8 Å². The third-order valence-corrected chi connectivity index (χ3v) is 7.44. The maximum Gasteiger partial charge on any atom is 0.356 e. The molecule has 1 aliphatic carbocycles. The second-order valence-electron chi connectivity index (χ2n) is 5.66. The van der Waals surface area contributed by atoms with Crippen LogP contribution in [0.25, 0.3) is 0 Å². The molecule has 0 radical (unpaired) electrons. The normalized spacial score (nSPS) is 27.5. The number of rotatable bonds is 4. The zero-order valence-corrected chi connectivity index (χ0v) is 12.6. The maximum atomic E-state index is 11.6. The Morgan fingerprint density at radius 1 is 1.00 bits per heavy atom. The van der Waals surface area contributed by atoms with E-state index in [1.807, 2.05) is 0 Å². The van der Waals surface area contributed by atoms with Gasteiger partial charge in [-0.15, -0.1) is 0 Å². The highest BCUT2D eigenvalue weighted by Crippen LogP contribution is 2.56. The summed E-state index contributed by atoms with van der Waals surface area (Å²) in [6.45, 7) is 1.09. The zero-order valence-electron chi connectivity index (χ0n) is 10.8. The molecule has 19 heavy (non-hydrogen) atoms. The van der Waals surface area contributed by atoms with Crippen molar-refractivity contribution in [3.63, 3.8) is 0 Å². The van der Waals surface area contributed by atoms with Crippen LogP contribution in [-0.4, -0.2) is 38.7 Å². The molecule has 0 aromatic carbocycles. The van der Waals surface area contributed by atoms with Gasteiger partial charge in [0.15, 0.2) is 5.90 Å². The summed E-state index contributed by atoms with van der Waals surface area (Å²) >= 11 is 0. The summed E-state index contributed by atoms with van der Waals surface area (Å²) in [7, 11) is -8.81. The lowest BCUT2D eigenvalue weighted by Crippen LogP contribution is -2.38. The Kier molecular flexibility index (Phi) is 4.58. The molecule has 0 aromatic rings. The quantitative estimate of drug-likeness (QED) is 0.680. The van der Waals surface area contributed by atoms with E-state index in [4.69, 9.17) is 14.4 Å². The largest absolute Gasteiger partial charge is 0.356 e. The molecule has 2 aliphatic rings. The minimum Gasteiger partial charge on any atom is -0.324 e. The molecule has 3 N–H and O–H groups in total. The molecule has 1 aliphatic heterocycles. The summed E-state index contributed by atoms with van der Waals surface area (Å²) in [4.78, 5) is 26.9. The molecule has 2 fully saturated rings. The van der Waals surface area contributed by atoms with Crippen molar-refractivity contribution in [1.82, 2.24) is 5.06 Å². The van der Waals surface area contributed by atoms with Gasteiger partial charge in [-0.05, 0) is 31.1 Å². The smallest absolute Gasteiger partial charge is 0.324 e. The van der Waals surface area contributed by atoms with Gasteiger partial charge in [0.05, 0.1) is 0 Å². The van der Waals surface area contributed by atoms with Crippen LogP contribution in [0.5, 0.6) is 0 Å². The van der Waals surface area contributed by atoms with Crippen LogP contribution in [0, 0.1) is 5.41 Å². The fourth-order valence-corrected chi connectivity index (χ4v) is 5.70. The van der Waals surface area contributed by atoms with Crippen molar-refractivity contribution in [1.29, 1.82) is 0 Å². The molecular formula is C10H21NO6P2. The lowest BCUT2D eigenvalue weighted by atomic mass is 9.77. The summed E-state index contributed by atoms with van der Waals surface area (Å²) in [5, 5.41) is 1.39. The second-order valence-corrected chi connectivity index (χ2v) is 9.56. The summed E-state index contributed by atoms with van der Waals surface area (Å²) < 4.78 is 27.3. The molecule has 1 heterocycles. The van der Waals surface area contributed by atoms with Gasteiger partial charge in [-0.3, -0.25) is 9.13 Å². The summed E-state index contributed by atoms with van der Waals surface area (Å²) in [6.07, 6.45) is 6.75. The van der Waals surface area contributed by atoms with Crippen LogP contribution in [0.2, 0.25) is 0 Å². The fraction of sp³-hybridized carbons (Fsp3) is 1.00. The molecule has 0 aromatic heterocycles. The monoisotopic (exact) mass is 313 g/mol. The molecule has 7 nitrogen and oxygen atoms in total. The van der Waals surface area contributed by atoms with E-state index in [-0.39, 0.29) is 0 Å². The summed E-state index contributed by atoms with van der Waals surface area (Å²) in [5.41, 5.74) is 0.364. The lowest BCUT2D eigenvalue weighted by molar-refractivity contribution is -0.103. The first-order chi connectivity index (χ1) is 8.70. The second kappa shape index (κ2) is 5.57. The Morgan fingerprint density at radius 3 is 2.00 bits per heavy atom. The molecule has 0 amide bonds. The Bertz CT molecular complexity index is 406. The van der Waals surface area contributed by atoms with Gasteiger partial charge >= 0.3 is 15.2 Å². The van der Waals surface area contributed by atoms with Crippen molar-refractivity contribution >= 4 is 15.2 Å². The average Bonchev–Trinajstić information content (AvgIpc) is 2.67. The minimum absolute atomic E-state index is 0.364. The van der Waals surface area contributed by atoms with Crippen LogP contribution < -0.4 is 0 Å². The van der Waals surface area contributed by atoms with Crippen molar-refractivity contribution < 1.29 is 28.4 Å². The van der Waals surface area contributed by atoms with Gasteiger partial charge in [0.2, 0.25) is 0 Å². The Labute approximate surface area is 112 Å². The van der Waals surface area contributed by atoms with Gasteiger partial charge in [0.1, 0.15) is 0 Å². The van der Waals surface area contributed by atoms with E-state index in [1.165, 1.54) is 30.7 Å². The molecular weight excluding hydrogens is 292 g/mol. The van der Waals surface area contributed by atoms with Crippen molar-refractivity contribution in [3.8, 4) is 0 Å². The van der Waals surface area contributed by atoms with Crippen molar-refractivity contribution in [2.45, 2.75) is 38.5 Å². The summed E-state index contributed by atoms with van der Waals surface area (Å²) in [6, 6.07) is 0. The average molecular weight is 313 g/mol. The van der Waals surface area contributed by atoms with Crippen LogP contribution >= 0.6 is 15.2 Å². The predicted molar refractivity (Wildman–Crippen MR) is 69.5 cm³/mol. The third kappa shape index (κ3) is 4.64. The topological polar surface area (TPSA) is 107 Å². The van der Waals surface area contributed by atoms with E-state index in [2.05, 4.69) is 0 Å². The van der Waals surface area contributed by atoms with E-state index in [1.54, 1.807) is 0 Å². The van der Waals surface area contributed by atoms with E-state index in [0.29, 0.717) is 18.5 Å². The van der Waals surface area contributed by atoms with Gasteiger partial charge in [0.25, 0.3) is 0 Å². The number of piperidine rings is 1. The van der Waals surface area contributed by atoms with Crippen molar-refractivity contribution in [2.24, 2.45) is 5.41 Å². The molecule has 0 bridgehead atoms. The van der Waals surface area contributed by atoms with Gasteiger partial charge in [0, 0.05) is 13.1 Å². The molecule has 9 heteroatoms. The maximum absolute atomic E-state index is 11.6. The first kappa shape index (κ1) is 15.6. The molecule has 112 valence electrons. The number of nitrogens with zero attached hydrogens (tertiary/aromatic N) is 1. The molecule has 1 saturated heterocycles. The molecule has 1 saturated carbocycles. The number of hydroxylamine groups is 2. The van der Waals surface area contributed by atoms with E-state index < -0.39 is 21.1 Å². The highest BCUT2D eigenvalue weighted by Gasteiger charge is 2.40. The SMILES string of the molecule is O=P(O)(O)CP(=O)(O)ON1CCC2(CCCC2)CC1. The molecule has 2 rings (SSSR count). The van der Waals surface area contributed by atoms with Crippen molar-refractivity contribution in [2.75, 3.05) is 19.0 Å². The highest BCUT2D eigenvalue weighted by atomic mass is 31.2. The van der Waals surface area contributed by atoms with Crippen LogP contribution in [0.1, 0.15) is 38.5 Å². The molecule has 1 atom stereocenters. The molecule has 1 spiro atoms. The fourth-order valence-electron chi connectivity index (χ4n) is 3.11. The first-order valence-electron chi connectivity index (χ1n) is 6.51. The third-order valence-electron chi connectivity index (χ3n) is 4.05.